The normalized spacial score (nSPS) is 17.5. The van der Waals surface area contributed by atoms with Gasteiger partial charge >= 0.3 is 5.97 Å². The fraction of sp³-hybridized carbons (Fsp3) is 0.389. The number of rotatable bonds is 4. The Hall–Kier alpha value is -2.67. The van der Waals surface area contributed by atoms with E-state index in [0.29, 0.717) is 18.7 Å². The molecule has 2 heterocycles. The maximum Gasteiger partial charge on any atom is 0.305 e. The molecule has 0 saturated carbocycles. The summed E-state index contributed by atoms with van der Waals surface area (Å²) in [6, 6.07) is 7.41. The number of amides is 1. The number of aromatic nitrogens is 2. The third-order valence-electron chi connectivity index (χ3n) is 4.39. The van der Waals surface area contributed by atoms with Crippen LogP contribution in [0.4, 0.5) is 0 Å². The Morgan fingerprint density at radius 2 is 2.16 bits per heavy atom. The highest BCUT2D eigenvalue weighted by molar-refractivity contribution is 5.95. The Labute approximate surface area is 145 Å². The number of benzene rings is 1. The summed E-state index contributed by atoms with van der Waals surface area (Å²) in [5.41, 5.74) is 3.21. The highest BCUT2D eigenvalue weighted by Gasteiger charge is 2.31. The molecule has 1 N–H and O–H groups in total. The van der Waals surface area contributed by atoms with Crippen molar-refractivity contribution in [2.75, 3.05) is 19.8 Å². The van der Waals surface area contributed by atoms with E-state index in [1.165, 1.54) is 0 Å². The smallest absolute Gasteiger partial charge is 0.305 e. The van der Waals surface area contributed by atoms with Crippen LogP contribution in [0.5, 0.6) is 0 Å². The third-order valence-corrected chi connectivity index (χ3v) is 4.39. The molecule has 1 aromatic heterocycles. The second-order valence-corrected chi connectivity index (χ2v) is 6.22. The van der Waals surface area contributed by atoms with E-state index in [4.69, 9.17) is 9.84 Å². The number of carbonyl (C=O) groups excluding carboxylic acids is 1. The number of aliphatic carboxylic acids is 1. The van der Waals surface area contributed by atoms with Gasteiger partial charge in [0.05, 0.1) is 48.8 Å². The van der Waals surface area contributed by atoms with E-state index in [1.54, 1.807) is 15.8 Å². The Balaban J connectivity index is 1.88. The average Bonchev–Trinajstić information content (AvgIpc) is 2.96. The van der Waals surface area contributed by atoms with E-state index in [-0.39, 0.29) is 18.9 Å². The van der Waals surface area contributed by atoms with Crippen molar-refractivity contribution >= 4 is 11.9 Å². The number of morpholine rings is 1. The van der Waals surface area contributed by atoms with E-state index in [0.717, 1.165) is 16.9 Å². The number of carboxylic acids is 1. The predicted octanol–water partition coefficient (Wildman–Crippen LogP) is 1.80. The van der Waals surface area contributed by atoms with E-state index < -0.39 is 12.0 Å². The van der Waals surface area contributed by atoms with Crippen molar-refractivity contribution in [3.63, 3.8) is 0 Å². The Bertz CT molecular complexity index is 799. The Kier molecular flexibility index (Phi) is 4.85. The standard InChI is InChI=1S/C18H21N3O4/c1-12-4-3-5-14(8-12)21-13(2)16(10-19-21)18(24)20-6-7-25-11-15(20)9-17(22)23/h3-5,8,10,15H,6-7,9,11H2,1-2H3,(H,22,23). The maximum absolute atomic E-state index is 12.9. The minimum atomic E-state index is -0.944. The van der Waals surface area contributed by atoms with Crippen LogP contribution in [0.25, 0.3) is 5.69 Å². The first-order valence-corrected chi connectivity index (χ1v) is 8.19. The summed E-state index contributed by atoms with van der Waals surface area (Å²) in [6.45, 7) is 4.87. The zero-order valence-electron chi connectivity index (χ0n) is 14.3. The SMILES string of the molecule is Cc1cccc(-n2ncc(C(=O)N3CCOCC3CC(=O)O)c2C)c1. The largest absolute Gasteiger partial charge is 0.481 e. The first-order valence-electron chi connectivity index (χ1n) is 8.19. The lowest BCUT2D eigenvalue weighted by atomic mass is 10.1. The van der Waals surface area contributed by atoms with Crippen molar-refractivity contribution in [2.24, 2.45) is 0 Å². The van der Waals surface area contributed by atoms with Crippen LogP contribution >= 0.6 is 0 Å². The van der Waals surface area contributed by atoms with Crippen LogP contribution in [-0.4, -0.2) is 57.5 Å². The third kappa shape index (κ3) is 3.56. The minimum absolute atomic E-state index is 0.128. The lowest BCUT2D eigenvalue weighted by Crippen LogP contribution is -2.49. The molecule has 7 nitrogen and oxygen atoms in total. The summed E-state index contributed by atoms with van der Waals surface area (Å²) < 4.78 is 7.07. The van der Waals surface area contributed by atoms with Crippen molar-refractivity contribution in [3.8, 4) is 5.69 Å². The lowest BCUT2D eigenvalue weighted by Gasteiger charge is -2.34. The maximum atomic E-state index is 12.9. The summed E-state index contributed by atoms with van der Waals surface area (Å²) in [4.78, 5) is 25.6. The molecule has 0 bridgehead atoms. The Morgan fingerprint density at radius 3 is 2.88 bits per heavy atom. The highest BCUT2D eigenvalue weighted by atomic mass is 16.5. The van der Waals surface area contributed by atoms with Gasteiger partial charge < -0.3 is 14.7 Å². The van der Waals surface area contributed by atoms with Gasteiger partial charge in [-0.05, 0) is 31.5 Å². The molecular formula is C18H21N3O4. The molecule has 0 spiro atoms. The molecule has 1 unspecified atom stereocenters. The fourth-order valence-corrected chi connectivity index (χ4v) is 3.09. The van der Waals surface area contributed by atoms with E-state index in [9.17, 15) is 9.59 Å². The molecule has 7 heteroatoms. The van der Waals surface area contributed by atoms with E-state index in [1.807, 2.05) is 38.1 Å². The van der Waals surface area contributed by atoms with Gasteiger partial charge in [0.25, 0.3) is 5.91 Å². The number of hydrogen-bond acceptors (Lipinski definition) is 4. The molecule has 0 aliphatic carbocycles. The number of carboxylic acid groups (broad SMARTS) is 1. The first kappa shape index (κ1) is 17.2. The fourth-order valence-electron chi connectivity index (χ4n) is 3.09. The summed E-state index contributed by atoms with van der Waals surface area (Å²) in [6.07, 6.45) is 1.42. The average molecular weight is 343 g/mol. The second kappa shape index (κ2) is 7.06. The number of aryl methyl sites for hydroxylation is 1. The van der Waals surface area contributed by atoms with Gasteiger partial charge in [-0.3, -0.25) is 9.59 Å². The van der Waals surface area contributed by atoms with Gasteiger partial charge in [0.2, 0.25) is 0 Å². The number of carbonyl (C=O) groups is 2. The van der Waals surface area contributed by atoms with Crippen LogP contribution in [0.15, 0.2) is 30.5 Å². The number of nitrogens with zero attached hydrogens (tertiary/aromatic N) is 3. The van der Waals surface area contributed by atoms with Gasteiger partial charge in [-0.25, -0.2) is 4.68 Å². The van der Waals surface area contributed by atoms with E-state index in [2.05, 4.69) is 5.10 Å². The zero-order chi connectivity index (χ0) is 18.0. The molecule has 25 heavy (non-hydrogen) atoms. The number of hydrogen-bond donors (Lipinski definition) is 1. The van der Waals surface area contributed by atoms with Crippen LogP contribution in [0, 0.1) is 13.8 Å². The monoisotopic (exact) mass is 343 g/mol. The molecule has 1 amide bonds. The summed E-state index contributed by atoms with van der Waals surface area (Å²) in [5, 5.41) is 13.4. The van der Waals surface area contributed by atoms with Crippen LogP contribution in [0.2, 0.25) is 0 Å². The highest BCUT2D eigenvalue weighted by Crippen LogP contribution is 2.20. The number of ether oxygens (including phenoxy) is 1. The van der Waals surface area contributed by atoms with Crippen molar-refractivity contribution in [1.29, 1.82) is 0 Å². The summed E-state index contributed by atoms with van der Waals surface area (Å²) in [5.74, 6) is -1.15. The van der Waals surface area contributed by atoms with Crippen molar-refractivity contribution in [2.45, 2.75) is 26.3 Å². The van der Waals surface area contributed by atoms with Gasteiger partial charge in [-0.1, -0.05) is 12.1 Å². The topological polar surface area (TPSA) is 84.7 Å². The molecule has 2 aromatic rings. The van der Waals surface area contributed by atoms with Crippen LogP contribution in [0.1, 0.15) is 28.0 Å². The van der Waals surface area contributed by atoms with Crippen molar-refractivity contribution in [3.05, 3.63) is 47.3 Å². The second-order valence-electron chi connectivity index (χ2n) is 6.22. The molecule has 1 aliphatic heterocycles. The lowest BCUT2D eigenvalue weighted by molar-refractivity contribution is -0.139. The molecule has 3 rings (SSSR count). The van der Waals surface area contributed by atoms with Crippen molar-refractivity contribution in [1.82, 2.24) is 14.7 Å². The van der Waals surface area contributed by atoms with Crippen LogP contribution in [0.3, 0.4) is 0 Å². The van der Waals surface area contributed by atoms with Gasteiger partial charge in [0, 0.05) is 6.54 Å². The molecular weight excluding hydrogens is 322 g/mol. The molecule has 1 aliphatic rings. The molecule has 132 valence electrons. The van der Waals surface area contributed by atoms with Gasteiger partial charge in [0.1, 0.15) is 0 Å². The molecule has 1 atom stereocenters. The Morgan fingerprint density at radius 1 is 1.36 bits per heavy atom. The van der Waals surface area contributed by atoms with Crippen molar-refractivity contribution < 1.29 is 19.4 Å². The quantitative estimate of drug-likeness (QED) is 0.915. The molecule has 1 saturated heterocycles. The van der Waals surface area contributed by atoms with Crippen LogP contribution in [-0.2, 0) is 9.53 Å². The van der Waals surface area contributed by atoms with Crippen LogP contribution < -0.4 is 0 Å². The van der Waals surface area contributed by atoms with Gasteiger partial charge in [-0.2, -0.15) is 5.10 Å². The summed E-state index contributed by atoms with van der Waals surface area (Å²) >= 11 is 0. The molecule has 0 radical (unpaired) electrons. The van der Waals surface area contributed by atoms with Gasteiger partial charge in [0.15, 0.2) is 0 Å². The van der Waals surface area contributed by atoms with Gasteiger partial charge in [-0.15, -0.1) is 0 Å². The minimum Gasteiger partial charge on any atom is -0.481 e. The zero-order valence-corrected chi connectivity index (χ0v) is 14.3. The molecule has 1 aromatic carbocycles. The van der Waals surface area contributed by atoms with E-state index >= 15 is 0 Å². The molecule has 1 fully saturated rings. The summed E-state index contributed by atoms with van der Waals surface area (Å²) in [7, 11) is 0. The first-order chi connectivity index (χ1) is 12.0. The predicted molar refractivity (Wildman–Crippen MR) is 90.9 cm³/mol.